The molecule has 0 aliphatic heterocycles. The fraction of sp³-hybridized carbons (Fsp3) is 0.188. The zero-order valence-corrected chi connectivity index (χ0v) is 11.1. The predicted octanol–water partition coefficient (Wildman–Crippen LogP) is 3.84. The van der Waals surface area contributed by atoms with Crippen molar-refractivity contribution in [2.24, 2.45) is 0 Å². The Morgan fingerprint density at radius 3 is 2.40 bits per heavy atom. The molecule has 2 rings (SSSR count). The fourth-order valence-corrected chi connectivity index (χ4v) is 1.85. The van der Waals surface area contributed by atoms with E-state index >= 15 is 0 Å². The van der Waals surface area contributed by atoms with Crippen LogP contribution in [-0.4, -0.2) is 5.91 Å². The Kier molecular flexibility index (Phi) is 4.45. The van der Waals surface area contributed by atoms with E-state index < -0.39 is 0 Å². The summed E-state index contributed by atoms with van der Waals surface area (Å²) in [5.74, 6) is -0.874. The molecule has 0 aromatic heterocycles. The highest BCUT2D eigenvalue weighted by Gasteiger charge is 2.06. The van der Waals surface area contributed by atoms with Crippen molar-refractivity contribution in [3.8, 4) is 0 Å². The SMILES string of the molecule is Cc1ccc(F)cc1NC(=O)CCc1ccc(F)cc1. The van der Waals surface area contributed by atoms with E-state index in [1.165, 1.54) is 24.3 Å². The van der Waals surface area contributed by atoms with Crippen LogP contribution in [-0.2, 0) is 11.2 Å². The Labute approximate surface area is 116 Å². The van der Waals surface area contributed by atoms with Gasteiger partial charge in [-0.15, -0.1) is 0 Å². The van der Waals surface area contributed by atoms with Crippen LogP contribution >= 0.6 is 0 Å². The van der Waals surface area contributed by atoms with Gasteiger partial charge < -0.3 is 5.32 Å². The van der Waals surface area contributed by atoms with Gasteiger partial charge in [0.15, 0.2) is 0 Å². The van der Waals surface area contributed by atoms with Gasteiger partial charge in [-0.1, -0.05) is 18.2 Å². The Bertz CT molecular complexity index is 608. The van der Waals surface area contributed by atoms with Crippen molar-refractivity contribution in [1.82, 2.24) is 0 Å². The van der Waals surface area contributed by atoms with Crippen molar-refractivity contribution < 1.29 is 13.6 Å². The van der Waals surface area contributed by atoms with Crippen molar-refractivity contribution in [2.75, 3.05) is 5.32 Å². The number of hydrogen-bond acceptors (Lipinski definition) is 1. The van der Waals surface area contributed by atoms with E-state index in [4.69, 9.17) is 0 Å². The van der Waals surface area contributed by atoms with Crippen LogP contribution in [0.3, 0.4) is 0 Å². The molecule has 1 amide bonds. The standard InChI is InChI=1S/C16H15F2NO/c1-11-2-6-14(18)10-15(11)19-16(20)9-5-12-3-7-13(17)8-4-12/h2-4,6-8,10H,5,9H2,1H3,(H,19,20). The van der Waals surface area contributed by atoms with E-state index in [1.54, 1.807) is 25.1 Å². The van der Waals surface area contributed by atoms with E-state index in [2.05, 4.69) is 5.32 Å². The lowest BCUT2D eigenvalue weighted by Gasteiger charge is -2.08. The van der Waals surface area contributed by atoms with E-state index in [0.717, 1.165) is 11.1 Å². The quantitative estimate of drug-likeness (QED) is 0.902. The molecule has 1 N–H and O–H groups in total. The lowest BCUT2D eigenvalue weighted by molar-refractivity contribution is -0.116. The first-order valence-electron chi connectivity index (χ1n) is 6.35. The molecule has 0 radical (unpaired) electrons. The largest absolute Gasteiger partial charge is 0.326 e. The number of nitrogens with one attached hydrogen (secondary N) is 1. The second-order valence-electron chi connectivity index (χ2n) is 4.63. The molecule has 2 nitrogen and oxygen atoms in total. The van der Waals surface area contributed by atoms with Crippen LogP contribution in [0.25, 0.3) is 0 Å². The number of amides is 1. The summed E-state index contributed by atoms with van der Waals surface area (Å²) < 4.78 is 25.8. The minimum Gasteiger partial charge on any atom is -0.326 e. The first-order chi connectivity index (χ1) is 9.54. The van der Waals surface area contributed by atoms with E-state index in [0.29, 0.717) is 12.1 Å². The average Bonchev–Trinajstić information content (AvgIpc) is 2.42. The van der Waals surface area contributed by atoms with Crippen molar-refractivity contribution >= 4 is 11.6 Å². The number of carbonyl (C=O) groups is 1. The summed E-state index contributed by atoms with van der Waals surface area (Å²) in [6, 6.07) is 10.3. The first kappa shape index (κ1) is 14.2. The Hall–Kier alpha value is -2.23. The van der Waals surface area contributed by atoms with Gasteiger partial charge in [0.1, 0.15) is 11.6 Å². The van der Waals surface area contributed by atoms with Crippen LogP contribution in [0.5, 0.6) is 0 Å². The second-order valence-corrected chi connectivity index (χ2v) is 4.63. The molecule has 0 fully saturated rings. The van der Waals surface area contributed by atoms with Gasteiger partial charge in [0, 0.05) is 12.1 Å². The maximum absolute atomic E-state index is 13.1. The summed E-state index contributed by atoms with van der Waals surface area (Å²) in [6.45, 7) is 1.80. The van der Waals surface area contributed by atoms with E-state index in [1.807, 2.05) is 0 Å². The maximum Gasteiger partial charge on any atom is 0.224 e. The van der Waals surface area contributed by atoms with Gasteiger partial charge in [-0.25, -0.2) is 8.78 Å². The molecule has 2 aromatic rings. The molecule has 0 saturated heterocycles. The Morgan fingerprint density at radius 2 is 1.70 bits per heavy atom. The van der Waals surface area contributed by atoms with Crippen molar-refractivity contribution in [2.45, 2.75) is 19.8 Å². The van der Waals surface area contributed by atoms with Crippen LogP contribution in [0.15, 0.2) is 42.5 Å². The Morgan fingerprint density at radius 1 is 1.05 bits per heavy atom. The van der Waals surface area contributed by atoms with Crippen molar-refractivity contribution in [1.29, 1.82) is 0 Å². The lowest BCUT2D eigenvalue weighted by Crippen LogP contribution is -2.13. The molecule has 0 bridgehead atoms. The molecule has 2 aromatic carbocycles. The highest BCUT2D eigenvalue weighted by molar-refractivity contribution is 5.91. The van der Waals surface area contributed by atoms with Gasteiger partial charge >= 0.3 is 0 Å². The summed E-state index contributed by atoms with van der Waals surface area (Å²) in [5, 5.41) is 2.68. The summed E-state index contributed by atoms with van der Waals surface area (Å²) in [6.07, 6.45) is 0.780. The molecule has 0 aliphatic rings. The number of aryl methyl sites for hydroxylation is 2. The van der Waals surface area contributed by atoms with Gasteiger partial charge in [-0.05, 0) is 48.7 Å². The van der Waals surface area contributed by atoms with Gasteiger partial charge in [0.2, 0.25) is 5.91 Å². The van der Waals surface area contributed by atoms with Crippen LogP contribution in [0.4, 0.5) is 14.5 Å². The summed E-state index contributed by atoms with van der Waals surface area (Å²) in [5.41, 5.74) is 2.17. The van der Waals surface area contributed by atoms with Gasteiger partial charge in [-0.3, -0.25) is 4.79 Å². The molecule has 0 unspecified atom stereocenters. The smallest absolute Gasteiger partial charge is 0.224 e. The zero-order chi connectivity index (χ0) is 14.5. The topological polar surface area (TPSA) is 29.1 Å². The van der Waals surface area contributed by atoms with Crippen LogP contribution in [0.1, 0.15) is 17.5 Å². The number of hydrogen-bond donors (Lipinski definition) is 1. The molecule has 104 valence electrons. The third-order valence-corrected chi connectivity index (χ3v) is 3.03. The molecule has 0 aliphatic carbocycles. The number of benzene rings is 2. The average molecular weight is 275 g/mol. The molecule has 20 heavy (non-hydrogen) atoms. The molecule has 0 heterocycles. The number of rotatable bonds is 4. The van der Waals surface area contributed by atoms with Crippen molar-refractivity contribution in [3.63, 3.8) is 0 Å². The van der Waals surface area contributed by atoms with E-state index in [9.17, 15) is 13.6 Å². The first-order valence-corrected chi connectivity index (χ1v) is 6.35. The van der Waals surface area contributed by atoms with Gasteiger partial charge in [0.05, 0.1) is 0 Å². The van der Waals surface area contributed by atoms with Crippen LogP contribution < -0.4 is 5.32 Å². The molecule has 4 heteroatoms. The third-order valence-electron chi connectivity index (χ3n) is 3.03. The van der Waals surface area contributed by atoms with Crippen LogP contribution in [0.2, 0.25) is 0 Å². The summed E-state index contributed by atoms with van der Waals surface area (Å²) in [4.78, 5) is 11.8. The second kappa shape index (κ2) is 6.28. The highest BCUT2D eigenvalue weighted by Crippen LogP contribution is 2.16. The summed E-state index contributed by atoms with van der Waals surface area (Å²) in [7, 11) is 0. The Balaban J connectivity index is 1.92. The van der Waals surface area contributed by atoms with Crippen molar-refractivity contribution in [3.05, 3.63) is 65.2 Å². The normalized spacial score (nSPS) is 10.3. The number of halogens is 2. The molecular weight excluding hydrogens is 260 g/mol. The number of anilines is 1. The van der Waals surface area contributed by atoms with E-state index in [-0.39, 0.29) is 24.0 Å². The highest BCUT2D eigenvalue weighted by atomic mass is 19.1. The molecule has 0 atom stereocenters. The third kappa shape index (κ3) is 3.88. The summed E-state index contributed by atoms with van der Waals surface area (Å²) >= 11 is 0. The van der Waals surface area contributed by atoms with Gasteiger partial charge in [-0.2, -0.15) is 0 Å². The zero-order valence-electron chi connectivity index (χ0n) is 11.1. The molecule has 0 saturated carbocycles. The predicted molar refractivity (Wildman–Crippen MR) is 74.5 cm³/mol. The van der Waals surface area contributed by atoms with Gasteiger partial charge in [0.25, 0.3) is 0 Å². The van der Waals surface area contributed by atoms with Crippen LogP contribution in [0, 0.1) is 18.6 Å². The minimum absolute atomic E-state index is 0.192. The fourth-order valence-electron chi connectivity index (χ4n) is 1.85. The maximum atomic E-state index is 13.1. The number of carbonyl (C=O) groups excluding carboxylic acids is 1. The lowest BCUT2D eigenvalue weighted by atomic mass is 10.1. The molecule has 0 spiro atoms. The monoisotopic (exact) mass is 275 g/mol. The minimum atomic E-state index is -0.385. The molecular formula is C16H15F2NO.